The number of pyridine rings is 1. The summed E-state index contributed by atoms with van der Waals surface area (Å²) in [6.45, 7) is 0.448. The number of sulfone groups is 1. The molecule has 19 heavy (non-hydrogen) atoms. The average Bonchev–Trinajstić information content (AvgIpc) is 2.75. The number of rotatable bonds is 3. The number of nitrogens with zero attached hydrogens (tertiary/aromatic N) is 1. The zero-order valence-corrected chi connectivity index (χ0v) is 11.4. The highest BCUT2D eigenvalue weighted by molar-refractivity contribution is 7.92. The molecular weight excluding hydrogens is 260 g/mol. The topological polar surface area (TPSA) is 59.1 Å². The first kappa shape index (κ1) is 12.4. The Balaban J connectivity index is 1.83. The van der Waals surface area contributed by atoms with Gasteiger partial charge in [-0.3, -0.25) is 0 Å². The first-order valence-electron chi connectivity index (χ1n) is 6.46. The number of nitrogens with one attached hydrogen (secondary N) is 1. The van der Waals surface area contributed by atoms with E-state index in [0.717, 1.165) is 29.4 Å². The van der Waals surface area contributed by atoms with E-state index in [1.54, 1.807) is 6.20 Å². The van der Waals surface area contributed by atoms with E-state index in [4.69, 9.17) is 0 Å². The maximum atomic E-state index is 11.8. The molecule has 0 aliphatic carbocycles. The second-order valence-electron chi connectivity index (χ2n) is 4.89. The van der Waals surface area contributed by atoms with Crippen LogP contribution in [0.5, 0.6) is 0 Å². The lowest BCUT2D eigenvalue weighted by Gasteiger charge is -2.12. The van der Waals surface area contributed by atoms with Gasteiger partial charge in [-0.1, -0.05) is 24.3 Å². The molecule has 0 bridgehead atoms. The molecular formula is C14H16N2O2S. The molecule has 1 atom stereocenters. The highest BCUT2D eigenvalue weighted by atomic mass is 32.2. The maximum Gasteiger partial charge on any atom is 0.154 e. The molecule has 2 aromatic rings. The van der Waals surface area contributed by atoms with Crippen molar-refractivity contribution in [3.8, 4) is 0 Å². The van der Waals surface area contributed by atoms with Crippen molar-refractivity contribution >= 4 is 26.4 Å². The van der Waals surface area contributed by atoms with Crippen LogP contribution >= 0.6 is 0 Å². The standard InChI is InChI=1S/C14H16N2O2S/c17-19(18)9-3-5-12(19)10-16-14-13-6-2-1-4-11(13)7-8-15-14/h1-2,4,6-8,12H,3,5,9-10H2,(H,15,16). The zero-order valence-electron chi connectivity index (χ0n) is 10.5. The second-order valence-corrected chi connectivity index (χ2v) is 7.29. The van der Waals surface area contributed by atoms with Crippen LogP contribution in [-0.2, 0) is 9.84 Å². The lowest BCUT2D eigenvalue weighted by Crippen LogP contribution is -2.25. The van der Waals surface area contributed by atoms with E-state index >= 15 is 0 Å². The molecule has 3 rings (SSSR count). The molecule has 1 unspecified atom stereocenters. The van der Waals surface area contributed by atoms with E-state index in [-0.39, 0.29) is 5.25 Å². The number of anilines is 1. The Labute approximate surface area is 112 Å². The Morgan fingerprint density at radius 3 is 2.89 bits per heavy atom. The summed E-state index contributed by atoms with van der Waals surface area (Å²) in [7, 11) is -2.90. The number of hydrogen-bond acceptors (Lipinski definition) is 4. The fraction of sp³-hybridized carbons (Fsp3) is 0.357. The van der Waals surface area contributed by atoms with Crippen LogP contribution in [0, 0.1) is 0 Å². The number of hydrogen-bond donors (Lipinski definition) is 1. The summed E-state index contributed by atoms with van der Waals surface area (Å²) in [5, 5.41) is 5.06. The van der Waals surface area contributed by atoms with E-state index in [9.17, 15) is 8.42 Å². The normalized spacial score (nSPS) is 21.6. The monoisotopic (exact) mass is 276 g/mol. The van der Waals surface area contributed by atoms with Crippen molar-refractivity contribution < 1.29 is 8.42 Å². The van der Waals surface area contributed by atoms with Crippen LogP contribution in [0.2, 0.25) is 0 Å². The molecule has 4 nitrogen and oxygen atoms in total. The summed E-state index contributed by atoms with van der Waals surface area (Å²) >= 11 is 0. The van der Waals surface area contributed by atoms with Gasteiger partial charge in [0.2, 0.25) is 0 Å². The molecule has 1 aromatic carbocycles. The SMILES string of the molecule is O=S1(=O)CCCC1CNc1nccc2ccccc12. The third-order valence-electron chi connectivity index (χ3n) is 3.63. The van der Waals surface area contributed by atoms with Crippen LogP contribution in [0.15, 0.2) is 36.5 Å². The maximum absolute atomic E-state index is 11.8. The van der Waals surface area contributed by atoms with Crippen LogP contribution in [-0.4, -0.2) is 30.9 Å². The van der Waals surface area contributed by atoms with E-state index in [0.29, 0.717) is 12.3 Å². The van der Waals surface area contributed by atoms with Crippen LogP contribution in [0.4, 0.5) is 5.82 Å². The predicted octanol–water partition coefficient (Wildman–Crippen LogP) is 2.22. The summed E-state index contributed by atoms with van der Waals surface area (Å²) < 4.78 is 23.6. The van der Waals surface area contributed by atoms with Crippen molar-refractivity contribution in [1.29, 1.82) is 0 Å². The van der Waals surface area contributed by atoms with Crippen LogP contribution in [0.3, 0.4) is 0 Å². The quantitative estimate of drug-likeness (QED) is 0.934. The highest BCUT2D eigenvalue weighted by Crippen LogP contribution is 2.23. The fourth-order valence-electron chi connectivity index (χ4n) is 2.56. The molecule has 100 valence electrons. The van der Waals surface area contributed by atoms with Crippen LogP contribution in [0.25, 0.3) is 10.8 Å². The molecule has 0 saturated carbocycles. The van der Waals surface area contributed by atoms with Gasteiger partial charge in [0.05, 0.1) is 11.0 Å². The third kappa shape index (κ3) is 2.42. The van der Waals surface area contributed by atoms with Crippen molar-refractivity contribution in [2.75, 3.05) is 17.6 Å². The van der Waals surface area contributed by atoms with Crippen molar-refractivity contribution in [3.63, 3.8) is 0 Å². The van der Waals surface area contributed by atoms with Gasteiger partial charge in [-0.05, 0) is 24.3 Å². The minimum absolute atomic E-state index is 0.270. The van der Waals surface area contributed by atoms with E-state index in [1.807, 2.05) is 30.3 Å². The molecule has 1 aliphatic rings. The van der Waals surface area contributed by atoms with Gasteiger partial charge in [-0.2, -0.15) is 0 Å². The summed E-state index contributed by atoms with van der Waals surface area (Å²) in [6.07, 6.45) is 3.27. The lowest BCUT2D eigenvalue weighted by molar-refractivity contribution is 0.591. The Morgan fingerprint density at radius 2 is 2.11 bits per heavy atom. The highest BCUT2D eigenvalue weighted by Gasteiger charge is 2.30. The fourth-order valence-corrected chi connectivity index (χ4v) is 4.32. The van der Waals surface area contributed by atoms with Crippen molar-refractivity contribution in [3.05, 3.63) is 36.5 Å². The van der Waals surface area contributed by atoms with Crippen molar-refractivity contribution in [1.82, 2.24) is 4.98 Å². The van der Waals surface area contributed by atoms with Crippen molar-refractivity contribution in [2.24, 2.45) is 0 Å². The second kappa shape index (κ2) is 4.81. The first-order chi connectivity index (χ1) is 9.17. The van der Waals surface area contributed by atoms with Gasteiger partial charge in [-0.25, -0.2) is 13.4 Å². The third-order valence-corrected chi connectivity index (χ3v) is 5.91. The molecule has 1 aliphatic heterocycles. The first-order valence-corrected chi connectivity index (χ1v) is 8.17. The van der Waals surface area contributed by atoms with Gasteiger partial charge in [-0.15, -0.1) is 0 Å². The number of benzene rings is 1. The Morgan fingerprint density at radius 1 is 1.26 bits per heavy atom. The van der Waals surface area contributed by atoms with Gasteiger partial charge >= 0.3 is 0 Å². The predicted molar refractivity (Wildman–Crippen MR) is 77.0 cm³/mol. The van der Waals surface area contributed by atoms with Gasteiger partial charge in [0.1, 0.15) is 5.82 Å². The van der Waals surface area contributed by atoms with Crippen molar-refractivity contribution in [2.45, 2.75) is 18.1 Å². The van der Waals surface area contributed by atoms with E-state index in [2.05, 4.69) is 10.3 Å². The summed E-state index contributed by atoms with van der Waals surface area (Å²) in [5.41, 5.74) is 0. The Kier molecular flexibility index (Phi) is 3.14. The molecule has 5 heteroatoms. The van der Waals surface area contributed by atoms with E-state index < -0.39 is 9.84 Å². The molecule has 1 saturated heterocycles. The summed E-state index contributed by atoms with van der Waals surface area (Å²) in [6, 6.07) is 9.91. The minimum atomic E-state index is -2.90. The largest absolute Gasteiger partial charge is 0.368 e. The molecule has 1 N–H and O–H groups in total. The van der Waals surface area contributed by atoms with Gasteiger partial charge < -0.3 is 5.32 Å². The summed E-state index contributed by atoms with van der Waals surface area (Å²) in [5.74, 6) is 1.09. The molecule has 0 radical (unpaired) electrons. The summed E-state index contributed by atoms with van der Waals surface area (Å²) in [4.78, 5) is 4.31. The smallest absolute Gasteiger partial charge is 0.154 e. The number of aromatic nitrogens is 1. The van der Waals surface area contributed by atoms with Crippen LogP contribution in [0.1, 0.15) is 12.8 Å². The molecule has 0 amide bonds. The van der Waals surface area contributed by atoms with Gasteiger partial charge in [0.15, 0.2) is 9.84 Å². The average molecular weight is 276 g/mol. The molecule has 1 fully saturated rings. The molecule has 0 spiro atoms. The number of fused-ring (bicyclic) bond motifs is 1. The minimum Gasteiger partial charge on any atom is -0.368 e. The molecule has 1 aromatic heterocycles. The lowest BCUT2D eigenvalue weighted by atomic mass is 10.1. The molecule has 2 heterocycles. The van der Waals surface area contributed by atoms with Gasteiger partial charge in [0.25, 0.3) is 0 Å². The van der Waals surface area contributed by atoms with E-state index in [1.165, 1.54) is 0 Å². The Hall–Kier alpha value is -1.62. The van der Waals surface area contributed by atoms with Gasteiger partial charge in [0, 0.05) is 18.1 Å². The van der Waals surface area contributed by atoms with Crippen LogP contribution < -0.4 is 5.32 Å². The zero-order chi connectivity index (χ0) is 13.3. The Bertz CT molecular complexity index is 692.